The van der Waals surface area contributed by atoms with Crippen LogP contribution in [-0.4, -0.2) is 22.6 Å². The molecule has 2 N–H and O–H groups in total. The second-order valence-electron chi connectivity index (χ2n) is 5.67. The zero-order chi connectivity index (χ0) is 14.3. The molecule has 1 heterocycles. The van der Waals surface area contributed by atoms with Gasteiger partial charge in [-0.3, -0.25) is 0 Å². The van der Waals surface area contributed by atoms with Crippen LogP contribution in [0.15, 0.2) is 6.20 Å². The van der Waals surface area contributed by atoms with Gasteiger partial charge in [-0.2, -0.15) is 4.98 Å². The fraction of sp³-hybridized carbons (Fsp3) is 0.733. The molecule has 0 radical (unpaired) electrons. The summed E-state index contributed by atoms with van der Waals surface area (Å²) in [6.07, 6.45) is 5.35. The highest BCUT2D eigenvalue weighted by Crippen LogP contribution is 2.16. The number of aryl methyl sites for hydroxylation is 1. The molecule has 0 fully saturated rings. The molecule has 0 aliphatic heterocycles. The minimum absolute atomic E-state index is 0.440. The number of anilines is 2. The van der Waals surface area contributed by atoms with Gasteiger partial charge in [-0.05, 0) is 39.0 Å². The van der Waals surface area contributed by atoms with Gasteiger partial charge in [0, 0.05) is 24.3 Å². The fourth-order valence-electron chi connectivity index (χ4n) is 1.80. The van der Waals surface area contributed by atoms with Gasteiger partial charge in [0.05, 0.1) is 0 Å². The molecule has 1 aromatic heterocycles. The number of hydrogen-bond donors (Lipinski definition) is 2. The Hall–Kier alpha value is -1.32. The van der Waals surface area contributed by atoms with Crippen LogP contribution < -0.4 is 10.6 Å². The summed E-state index contributed by atoms with van der Waals surface area (Å²) < 4.78 is 0. The normalized spacial score (nSPS) is 12.5. The molecule has 108 valence electrons. The van der Waals surface area contributed by atoms with Gasteiger partial charge in [0.15, 0.2) is 0 Å². The topological polar surface area (TPSA) is 49.8 Å². The second-order valence-corrected chi connectivity index (χ2v) is 5.67. The largest absolute Gasteiger partial charge is 0.367 e. The van der Waals surface area contributed by atoms with Crippen molar-refractivity contribution in [2.45, 2.75) is 59.9 Å². The third-order valence-electron chi connectivity index (χ3n) is 3.06. The minimum atomic E-state index is 0.440. The zero-order valence-electron chi connectivity index (χ0n) is 13.0. The van der Waals surface area contributed by atoms with Crippen LogP contribution in [0.1, 0.15) is 52.5 Å². The molecule has 1 unspecified atom stereocenters. The van der Waals surface area contributed by atoms with Crippen molar-refractivity contribution in [3.63, 3.8) is 0 Å². The summed E-state index contributed by atoms with van der Waals surface area (Å²) in [4.78, 5) is 8.84. The quantitative estimate of drug-likeness (QED) is 0.749. The first-order valence-corrected chi connectivity index (χ1v) is 7.37. The van der Waals surface area contributed by atoms with Crippen molar-refractivity contribution < 1.29 is 0 Å². The van der Waals surface area contributed by atoms with Gasteiger partial charge in [0.25, 0.3) is 0 Å². The summed E-state index contributed by atoms with van der Waals surface area (Å²) in [7, 11) is 0. The molecule has 4 nitrogen and oxygen atoms in total. The highest BCUT2D eigenvalue weighted by Gasteiger charge is 2.08. The van der Waals surface area contributed by atoms with E-state index in [1.807, 2.05) is 13.1 Å². The lowest BCUT2D eigenvalue weighted by atomic mass is 10.0. The van der Waals surface area contributed by atoms with E-state index in [0.717, 1.165) is 30.3 Å². The predicted molar refractivity (Wildman–Crippen MR) is 82.7 cm³/mol. The van der Waals surface area contributed by atoms with Gasteiger partial charge < -0.3 is 10.6 Å². The zero-order valence-corrected chi connectivity index (χ0v) is 13.0. The van der Waals surface area contributed by atoms with Gasteiger partial charge in [-0.25, -0.2) is 4.98 Å². The molecule has 0 amide bonds. The molecule has 0 aromatic carbocycles. The van der Waals surface area contributed by atoms with Gasteiger partial charge in [0.1, 0.15) is 5.82 Å². The van der Waals surface area contributed by atoms with Crippen LogP contribution in [0.25, 0.3) is 0 Å². The van der Waals surface area contributed by atoms with Crippen molar-refractivity contribution in [3.8, 4) is 0 Å². The highest BCUT2D eigenvalue weighted by atomic mass is 15.1. The van der Waals surface area contributed by atoms with Gasteiger partial charge in [-0.15, -0.1) is 0 Å². The van der Waals surface area contributed by atoms with Crippen LogP contribution in [0.5, 0.6) is 0 Å². The van der Waals surface area contributed by atoms with E-state index < -0.39 is 0 Å². The first-order valence-electron chi connectivity index (χ1n) is 7.37. The number of aromatic nitrogens is 2. The SMILES string of the molecule is CCCNc1ncc(C)c(NC(C)CCC(C)C)n1. The van der Waals surface area contributed by atoms with Gasteiger partial charge >= 0.3 is 0 Å². The van der Waals surface area contributed by atoms with Crippen LogP contribution in [0, 0.1) is 12.8 Å². The number of rotatable bonds is 8. The van der Waals surface area contributed by atoms with Crippen molar-refractivity contribution in [2.75, 3.05) is 17.2 Å². The monoisotopic (exact) mass is 264 g/mol. The number of hydrogen-bond acceptors (Lipinski definition) is 4. The average Bonchev–Trinajstić information content (AvgIpc) is 2.37. The van der Waals surface area contributed by atoms with Crippen molar-refractivity contribution >= 4 is 11.8 Å². The third-order valence-corrected chi connectivity index (χ3v) is 3.06. The van der Waals surface area contributed by atoms with Crippen LogP contribution in [-0.2, 0) is 0 Å². The summed E-state index contributed by atoms with van der Waals surface area (Å²) in [5.74, 6) is 2.41. The molecule has 19 heavy (non-hydrogen) atoms. The smallest absolute Gasteiger partial charge is 0.224 e. The van der Waals surface area contributed by atoms with E-state index in [0.29, 0.717) is 12.0 Å². The van der Waals surface area contributed by atoms with Gasteiger partial charge in [0.2, 0.25) is 5.95 Å². The molecule has 0 saturated carbocycles. The van der Waals surface area contributed by atoms with E-state index in [-0.39, 0.29) is 0 Å². The maximum atomic E-state index is 4.54. The molecule has 0 saturated heterocycles. The minimum Gasteiger partial charge on any atom is -0.367 e. The Morgan fingerprint density at radius 3 is 2.58 bits per heavy atom. The Labute approximate surface area is 117 Å². The number of nitrogens with one attached hydrogen (secondary N) is 2. The molecule has 1 aromatic rings. The first-order chi connectivity index (χ1) is 9.02. The lowest BCUT2D eigenvalue weighted by Gasteiger charge is -2.17. The molecule has 0 aliphatic carbocycles. The van der Waals surface area contributed by atoms with Crippen molar-refractivity contribution in [3.05, 3.63) is 11.8 Å². The van der Waals surface area contributed by atoms with E-state index in [2.05, 4.69) is 48.3 Å². The van der Waals surface area contributed by atoms with Gasteiger partial charge in [-0.1, -0.05) is 20.8 Å². The molecule has 1 rings (SSSR count). The summed E-state index contributed by atoms with van der Waals surface area (Å²) in [6.45, 7) is 11.8. The van der Waals surface area contributed by atoms with Crippen molar-refractivity contribution in [2.24, 2.45) is 5.92 Å². The van der Waals surface area contributed by atoms with E-state index in [1.54, 1.807) is 0 Å². The summed E-state index contributed by atoms with van der Waals surface area (Å²) >= 11 is 0. The highest BCUT2D eigenvalue weighted by molar-refractivity contribution is 5.46. The lowest BCUT2D eigenvalue weighted by Crippen LogP contribution is -2.18. The van der Waals surface area contributed by atoms with E-state index >= 15 is 0 Å². The van der Waals surface area contributed by atoms with E-state index in [9.17, 15) is 0 Å². The fourth-order valence-corrected chi connectivity index (χ4v) is 1.80. The van der Waals surface area contributed by atoms with Crippen LogP contribution >= 0.6 is 0 Å². The Kier molecular flexibility index (Phi) is 6.60. The first kappa shape index (κ1) is 15.7. The van der Waals surface area contributed by atoms with E-state index in [4.69, 9.17) is 0 Å². The molecule has 0 bridgehead atoms. The number of nitrogens with zero attached hydrogens (tertiary/aromatic N) is 2. The summed E-state index contributed by atoms with van der Waals surface area (Å²) in [6, 6.07) is 0.440. The Balaban J connectivity index is 2.60. The summed E-state index contributed by atoms with van der Waals surface area (Å²) in [5, 5.41) is 6.71. The lowest BCUT2D eigenvalue weighted by molar-refractivity contribution is 0.527. The Morgan fingerprint density at radius 2 is 1.95 bits per heavy atom. The van der Waals surface area contributed by atoms with Crippen LogP contribution in [0.3, 0.4) is 0 Å². The second kappa shape index (κ2) is 7.97. The van der Waals surface area contributed by atoms with Crippen molar-refractivity contribution in [1.29, 1.82) is 0 Å². The molecule has 0 aliphatic rings. The molecule has 0 spiro atoms. The standard InChI is InChI=1S/C15H28N4/c1-6-9-16-15-17-10-12(4)14(19-15)18-13(5)8-7-11(2)3/h10-11,13H,6-9H2,1-5H3,(H2,16,17,18,19). The maximum absolute atomic E-state index is 4.54. The van der Waals surface area contributed by atoms with E-state index in [1.165, 1.54) is 12.8 Å². The Morgan fingerprint density at radius 1 is 1.21 bits per heavy atom. The Bertz CT molecular complexity index is 376. The molecular formula is C15H28N4. The van der Waals surface area contributed by atoms with Crippen LogP contribution in [0.2, 0.25) is 0 Å². The summed E-state index contributed by atoms with van der Waals surface area (Å²) in [5.41, 5.74) is 1.10. The average molecular weight is 264 g/mol. The predicted octanol–water partition coefficient (Wildman–Crippen LogP) is 3.84. The van der Waals surface area contributed by atoms with Crippen molar-refractivity contribution in [1.82, 2.24) is 9.97 Å². The molecular weight excluding hydrogens is 236 g/mol. The molecule has 1 atom stereocenters. The third kappa shape index (κ3) is 5.90. The van der Waals surface area contributed by atoms with Crippen LogP contribution in [0.4, 0.5) is 11.8 Å². The molecule has 4 heteroatoms. The maximum Gasteiger partial charge on any atom is 0.224 e.